The van der Waals surface area contributed by atoms with Crippen molar-refractivity contribution in [1.82, 2.24) is 4.90 Å². The van der Waals surface area contributed by atoms with Crippen LogP contribution in [0.2, 0.25) is 0 Å². The number of alkyl halides is 3. The van der Waals surface area contributed by atoms with Crippen LogP contribution in [0.25, 0.3) is 0 Å². The highest BCUT2D eigenvalue weighted by molar-refractivity contribution is 5.07. The first kappa shape index (κ1) is 12.3. The van der Waals surface area contributed by atoms with Crippen LogP contribution in [0.3, 0.4) is 0 Å². The lowest BCUT2D eigenvalue weighted by Gasteiger charge is -2.34. The zero-order valence-corrected chi connectivity index (χ0v) is 8.35. The molecule has 0 spiro atoms. The van der Waals surface area contributed by atoms with Gasteiger partial charge in [-0.1, -0.05) is 0 Å². The third kappa shape index (κ3) is 4.06. The quantitative estimate of drug-likeness (QED) is 0.763. The third-order valence-corrected chi connectivity index (χ3v) is 2.68. The van der Waals surface area contributed by atoms with Crippen molar-refractivity contribution in [2.75, 3.05) is 19.6 Å². The van der Waals surface area contributed by atoms with Gasteiger partial charge in [0.25, 0.3) is 0 Å². The SMILES string of the molecule is N#CC1(N)CCN(CCC(F)(F)F)CC1. The van der Waals surface area contributed by atoms with Crippen LogP contribution in [0, 0.1) is 11.3 Å². The summed E-state index contributed by atoms with van der Waals surface area (Å²) in [5.74, 6) is 0. The molecule has 86 valence electrons. The highest BCUT2D eigenvalue weighted by Gasteiger charge is 2.33. The molecule has 1 aliphatic heterocycles. The molecule has 0 saturated carbocycles. The Hall–Kier alpha value is -0.800. The van der Waals surface area contributed by atoms with Crippen LogP contribution >= 0.6 is 0 Å². The van der Waals surface area contributed by atoms with Crippen LogP contribution in [-0.4, -0.2) is 36.2 Å². The second-order valence-electron chi connectivity index (χ2n) is 3.97. The molecule has 0 radical (unpaired) electrons. The number of halogens is 3. The largest absolute Gasteiger partial charge is 0.390 e. The molecule has 0 bridgehead atoms. The van der Waals surface area contributed by atoms with Crippen molar-refractivity contribution in [3.63, 3.8) is 0 Å². The second kappa shape index (κ2) is 4.37. The van der Waals surface area contributed by atoms with Crippen molar-refractivity contribution in [3.8, 4) is 6.07 Å². The van der Waals surface area contributed by atoms with Crippen molar-refractivity contribution in [1.29, 1.82) is 5.26 Å². The third-order valence-electron chi connectivity index (χ3n) is 2.68. The fourth-order valence-corrected chi connectivity index (χ4v) is 1.57. The number of hydrogen-bond acceptors (Lipinski definition) is 3. The summed E-state index contributed by atoms with van der Waals surface area (Å²) < 4.78 is 35.8. The number of nitriles is 1. The molecule has 1 fully saturated rings. The lowest BCUT2D eigenvalue weighted by atomic mass is 9.90. The van der Waals surface area contributed by atoms with E-state index in [4.69, 9.17) is 11.0 Å². The van der Waals surface area contributed by atoms with Crippen molar-refractivity contribution >= 4 is 0 Å². The fourth-order valence-electron chi connectivity index (χ4n) is 1.57. The van der Waals surface area contributed by atoms with Crippen LogP contribution in [0.1, 0.15) is 19.3 Å². The van der Waals surface area contributed by atoms with E-state index in [0.29, 0.717) is 25.9 Å². The first-order chi connectivity index (χ1) is 6.85. The summed E-state index contributed by atoms with van der Waals surface area (Å²) in [5.41, 5.74) is 4.85. The molecule has 0 atom stereocenters. The summed E-state index contributed by atoms with van der Waals surface area (Å²) in [6.07, 6.45) is -4.01. The van der Waals surface area contributed by atoms with Gasteiger partial charge in [0.1, 0.15) is 5.54 Å². The minimum absolute atomic E-state index is 0.00497. The van der Waals surface area contributed by atoms with Crippen LogP contribution in [-0.2, 0) is 0 Å². The fraction of sp³-hybridized carbons (Fsp3) is 0.889. The predicted octanol–water partition coefficient (Wildman–Crippen LogP) is 1.26. The monoisotopic (exact) mass is 221 g/mol. The van der Waals surface area contributed by atoms with Gasteiger partial charge < -0.3 is 10.6 Å². The van der Waals surface area contributed by atoms with E-state index in [9.17, 15) is 13.2 Å². The van der Waals surface area contributed by atoms with Gasteiger partial charge in [0.2, 0.25) is 0 Å². The van der Waals surface area contributed by atoms with Gasteiger partial charge in [0.05, 0.1) is 12.5 Å². The van der Waals surface area contributed by atoms with E-state index in [1.807, 2.05) is 6.07 Å². The van der Waals surface area contributed by atoms with Gasteiger partial charge >= 0.3 is 6.18 Å². The molecule has 0 aromatic carbocycles. The summed E-state index contributed by atoms with van der Waals surface area (Å²) in [6.45, 7) is 0.950. The van der Waals surface area contributed by atoms with E-state index in [2.05, 4.69) is 0 Å². The van der Waals surface area contributed by atoms with Gasteiger partial charge in [-0.05, 0) is 12.8 Å². The molecule has 0 aromatic rings. The highest BCUT2D eigenvalue weighted by Crippen LogP contribution is 2.23. The molecule has 1 rings (SSSR count). The van der Waals surface area contributed by atoms with E-state index in [1.54, 1.807) is 4.90 Å². The average Bonchev–Trinajstić information content (AvgIpc) is 2.16. The zero-order valence-electron chi connectivity index (χ0n) is 8.35. The Morgan fingerprint density at radius 1 is 1.33 bits per heavy atom. The van der Waals surface area contributed by atoms with Crippen LogP contribution < -0.4 is 5.73 Å². The molecule has 1 heterocycles. The Morgan fingerprint density at radius 2 is 1.87 bits per heavy atom. The van der Waals surface area contributed by atoms with Gasteiger partial charge in [0, 0.05) is 19.6 Å². The summed E-state index contributed by atoms with van der Waals surface area (Å²) in [5, 5.41) is 8.72. The van der Waals surface area contributed by atoms with E-state index in [-0.39, 0.29) is 6.54 Å². The normalized spacial score (nSPS) is 22.3. The molecule has 6 heteroatoms. The van der Waals surface area contributed by atoms with Gasteiger partial charge in [-0.25, -0.2) is 0 Å². The molecule has 0 aromatic heterocycles. The van der Waals surface area contributed by atoms with Crippen LogP contribution in [0.15, 0.2) is 0 Å². The highest BCUT2D eigenvalue weighted by atomic mass is 19.4. The lowest BCUT2D eigenvalue weighted by molar-refractivity contribution is -0.138. The Kier molecular flexibility index (Phi) is 3.58. The van der Waals surface area contributed by atoms with Gasteiger partial charge in [-0.2, -0.15) is 18.4 Å². The van der Waals surface area contributed by atoms with E-state index in [0.717, 1.165) is 0 Å². The van der Waals surface area contributed by atoms with Gasteiger partial charge in [0.15, 0.2) is 0 Å². The smallest absolute Gasteiger partial charge is 0.313 e. The van der Waals surface area contributed by atoms with E-state index < -0.39 is 18.1 Å². The molecule has 0 aliphatic carbocycles. The molecule has 0 amide bonds. The van der Waals surface area contributed by atoms with Gasteiger partial charge in [-0.15, -0.1) is 0 Å². The van der Waals surface area contributed by atoms with Crippen molar-refractivity contribution in [2.24, 2.45) is 5.73 Å². The van der Waals surface area contributed by atoms with Crippen LogP contribution in [0.5, 0.6) is 0 Å². The standard InChI is InChI=1S/C9H14F3N3/c10-9(11,12)3-6-15-4-1-8(14,7-13)2-5-15/h1-6,14H2. The Balaban J connectivity index is 2.30. The minimum Gasteiger partial charge on any atom is -0.313 e. The first-order valence-corrected chi connectivity index (χ1v) is 4.84. The Morgan fingerprint density at radius 3 is 2.27 bits per heavy atom. The molecule has 15 heavy (non-hydrogen) atoms. The molecule has 1 aliphatic rings. The number of hydrogen-bond donors (Lipinski definition) is 1. The van der Waals surface area contributed by atoms with Crippen molar-refractivity contribution in [2.45, 2.75) is 31.0 Å². The molecular weight excluding hydrogens is 207 g/mol. The van der Waals surface area contributed by atoms with Crippen LogP contribution in [0.4, 0.5) is 13.2 Å². The lowest BCUT2D eigenvalue weighted by Crippen LogP contribution is -2.49. The maximum atomic E-state index is 11.9. The van der Waals surface area contributed by atoms with E-state index >= 15 is 0 Å². The first-order valence-electron chi connectivity index (χ1n) is 4.84. The zero-order chi connectivity index (χ0) is 11.5. The average molecular weight is 221 g/mol. The molecule has 3 nitrogen and oxygen atoms in total. The molecular formula is C9H14F3N3. The summed E-state index contributed by atoms with van der Waals surface area (Å²) in [7, 11) is 0. The number of piperidine rings is 1. The summed E-state index contributed by atoms with van der Waals surface area (Å²) in [4.78, 5) is 1.70. The summed E-state index contributed by atoms with van der Waals surface area (Å²) >= 11 is 0. The predicted molar refractivity (Wildman–Crippen MR) is 48.9 cm³/mol. The number of likely N-dealkylation sites (tertiary alicyclic amines) is 1. The van der Waals surface area contributed by atoms with Crippen molar-refractivity contribution in [3.05, 3.63) is 0 Å². The minimum atomic E-state index is -4.10. The summed E-state index contributed by atoms with van der Waals surface area (Å²) in [6, 6.07) is 2.00. The van der Waals surface area contributed by atoms with Gasteiger partial charge in [-0.3, -0.25) is 0 Å². The number of nitrogens with zero attached hydrogens (tertiary/aromatic N) is 2. The number of nitrogens with two attached hydrogens (primary N) is 1. The molecule has 0 unspecified atom stereocenters. The Bertz CT molecular complexity index is 248. The van der Waals surface area contributed by atoms with Crippen molar-refractivity contribution < 1.29 is 13.2 Å². The maximum absolute atomic E-state index is 11.9. The molecule has 1 saturated heterocycles. The number of rotatable bonds is 2. The maximum Gasteiger partial charge on any atom is 0.390 e. The Labute approximate surface area is 86.6 Å². The topological polar surface area (TPSA) is 53.1 Å². The van der Waals surface area contributed by atoms with E-state index in [1.165, 1.54) is 0 Å². The second-order valence-corrected chi connectivity index (χ2v) is 3.97. The molecule has 2 N–H and O–H groups in total.